The zero-order valence-corrected chi connectivity index (χ0v) is 22.5. The molecule has 0 bridgehead atoms. The molecular weight excluding hydrogens is 597 g/mol. The van der Waals surface area contributed by atoms with Crippen LogP contribution in [0.25, 0.3) is 11.3 Å². The molecule has 0 fully saturated rings. The maximum absolute atomic E-state index is 12.8. The Morgan fingerprint density at radius 2 is 1.25 bits per heavy atom. The number of nitrogens with two attached hydrogens (primary N) is 2. The summed E-state index contributed by atoms with van der Waals surface area (Å²) in [4.78, 5) is 37.8. The van der Waals surface area contributed by atoms with E-state index in [0.29, 0.717) is 21.3 Å². The van der Waals surface area contributed by atoms with Crippen molar-refractivity contribution < 1.29 is 37.9 Å². The lowest BCUT2D eigenvalue weighted by Crippen LogP contribution is -2.29. The molecule has 0 amide bonds. The van der Waals surface area contributed by atoms with Gasteiger partial charge in [0, 0.05) is 5.56 Å². The van der Waals surface area contributed by atoms with Crippen LogP contribution in [0.3, 0.4) is 0 Å². The third-order valence-corrected chi connectivity index (χ3v) is 5.02. The average Bonchev–Trinajstić information content (AvgIpc) is 2.95. The van der Waals surface area contributed by atoms with Crippen molar-refractivity contribution in [2.45, 2.75) is 0 Å². The second kappa shape index (κ2) is 15.2. The Kier molecular flexibility index (Phi) is 12.0. The van der Waals surface area contributed by atoms with Gasteiger partial charge < -0.3 is 31.0 Å². The number of nitrogens with zero attached hydrogens (tertiary/aromatic N) is 4. The highest BCUT2D eigenvalue weighted by atomic mass is 79.9. The molecule has 0 spiro atoms. The largest absolute Gasteiger partial charge is 0.488 e. The Morgan fingerprint density at radius 3 is 1.73 bits per heavy atom. The Labute approximate surface area is 235 Å². The first-order chi connectivity index (χ1) is 19.0. The van der Waals surface area contributed by atoms with Crippen LogP contribution in [0.2, 0.25) is 0 Å². The van der Waals surface area contributed by atoms with Crippen LogP contribution in [-0.2, 0) is 9.47 Å². The smallest absolute Gasteiger partial charge is 0.464 e. The number of ether oxygens (including phenoxy) is 2. The molecule has 208 valence electrons. The van der Waals surface area contributed by atoms with Crippen LogP contribution in [0.4, 0.5) is 20.4 Å². The summed E-state index contributed by atoms with van der Waals surface area (Å²) in [6, 6.07) is 10.7. The molecule has 12 nitrogen and oxygen atoms in total. The van der Waals surface area contributed by atoms with Gasteiger partial charge in [-0.15, -0.1) is 0 Å². The first-order valence-corrected chi connectivity index (χ1v) is 11.7. The highest BCUT2D eigenvalue weighted by Crippen LogP contribution is 2.19. The topological polar surface area (TPSA) is 197 Å². The SMILES string of the molecule is COC(=O)c1nc(-c2ccc(F)cc2)cnc1N.COC(=O)c1nc(Br)cnc1N.OB(O)c1ccc(F)cc1. The first-order valence-electron chi connectivity index (χ1n) is 10.9. The fourth-order valence-corrected chi connectivity index (χ4v) is 2.94. The van der Waals surface area contributed by atoms with E-state index < -0.39 is 19.1 Å². The van der Waals surface area contributed by atoms with Gasteiger partial charge in [0.15, 0.2) is 23.0 Å². The van der Waals surface area contributed by atoms with Crippen molar-refractivity contribution >= 4 is 52.1 Å². The number of rotatable bonds is 4. The second-order valence-corrected chi connectivity index (χ2v) is 8.14. The summed E-state index contributed by atoms with van der Waals surface area (Å²) in [6.45, 7) is 0. The number of carbonyl (C=O) groups excluding carboxylic acids is 2. The van der Waals surface area contributed by atoms with Crippen molar-refractivity contribution in [1.82, 2.24) is 19.9 Å². The average molecular weight is 619 g/mol. The van der Waals surface area contributed by atoms with Gasteiger partial charge in [-0.25, -0.2) is 38.3 Å². The summed E-state index contributed by atoms with van der Waals surface area (Å²) in [5.74, 6) is -1.94. The van der Waals surface area contributed by atoms with E-state index in [-0.39, 0.29) is 34.7 Å². The number of esters is 2. The van der Waals surface area contributed by atoms with Gasteiger partial charge >= 0.3 is 19.1 Å². The Bertz CT molecular complexity index is 1450. The lowest BCUT2D eigenvalue weighted by atomic mass is 9.80. The van der Waals surface area contributed by atoms with Gasteiger partial charge in [-0.3, -0.25) is 0 Å². The number of hydrogen-bond acceptors (Lipinski definition) is 12. The maximum atomic E-state index is 12.8. The molecule has 40 heavy (non-hydrogen) atoms. The zero-order chi connectivity index (χ0) is 29.8. The van der Waals surface area contributed by atoms with Crippen LogP contribution >= 0.6 is 15.9 Å². The minimum Gasteiger partial charge on any atom is -0.464 e. The molecule has 0 aliphatic heterocycles. The van der Waals surface area contributed by atoms with Gasteiger partial charge in [-0.1, -0.05) is 12.1 Å². The van der Waals surface area contributed by atoms with Crippen LogP contribution in [0, 0.1) is 11.6 Å². The van der Waals surface area contributed by atoms with Crippen molar-refractivity contribution in [2.24, 2.45) is 0 Å². The molecule has 0 saturated heterocycles. The van der Waals surface area contributed by atoms with Crippen LogP contribution in [-0.4, -0.2) is 63.3 Å². The summed E-state index contributed by atoms with van der Waals surface area (Å²) < 4.78 is 34.4. The Hall–Kier alpha value is -4.54. The molecule has 0 atom stereocenters. The van der Waals surface area contributed by atoms with Crippen molar-refractivity contribution in [1.29, 1.82) is 0 Å². The molecule has 0 radical (unpaired) electrons. The number of benzene rings is 2. The normalized spacial score (nSPS) is 9.78. The minimum atomic E-state index is -1.51. The summed E-state index contributed by atoms with van der Waals surface area (Å²) >= 11 is 3.06. The molecule has 6 N–H and O–H groups in total. The molecule has 2 aromatic heterocycles. The third kappa shape index (κ3) is 9.34. The molecule has 0 unspecified atom stereocenters. The molecule has 4 aromatic rings. The third-order valence-electron chi connectivity index (χ3n) is 4.64. The number of hydrogen-bond donors (Lipinski definition) is 4. The van der Waals surface area contributed by atoms with Gasteiger partial charge in [-0.05, 0) is 57.8 Å². The first kappa shape index (κ1) is 31.7. The van der Waals surface area contributed by atoms with E-state index in [1.54, 1.807) is 0 Å². The van der Waals surface area contributed by atoms with E-state index in [2.05, 4.69) is 45.3 Å². The fourth-order valence-electron chi connectivity index (χ4n) is 2.66. The monoisotopic (exact) mass is 618 g/mol. The van der Waals surface area contributed by atoms with Gasteiger partial charge in [-0.2, -0.15) is 0 Å². The van der Waals surface area contributed by atoms with Crippen LogP contribution in [0.15, 0.2) is 65.5 Å². The van der Waals surface area contributed by atoms with Crippen molar-refractivity contribution in [3.05, 3.63) is 88.6 Å². The number of anilines is 2. The van der Waals surface area contributed by atoms with Crippen molar-refractivity contribution in [3.8, 4) is 11.3 Å². The highest BCUT2D eigenvalue weighted by molar-refractivity contribution is 9.10. The summed E-state index contributed by atoms with van der Waals surface area (Å²) in [5.41, 5.74) is 12.2. The fraction of sp³-hybridized carbons (Fsp3) is 0.0833. The molecule has 0 aliphatic rings. The van der Waals surface area contributed by atoms with Crippen molar-refractivity contribution in [2.75, 3.05) is 25.7 Å². The molecule has 0 saturated carbocycles. The number of halogens is 3. The molecule has 16 heteroatoms. The van der Waals surface area contributed by atoms with Gasteiger partial charge in [0.2, 0.25) is 0 Å². The van der Waals surface area contributed by atoms with Gasteiger partial charge in [0.05, 0.1) is 32.3 Å². The van der Waals surface area contributed by atoms with Crippen LogP contribution in [0.5, 0.6) is 0 Å². The highest BCUT2D eigenvalue weighted by Gasteiger charge is 2.15. The Morgan fingerprint density at radius 1 is 0.800 bits per heavy atom. The van der Waals surface area contributed by atoms with Crippen LogP contribution < -0.4 is 16.9 Å². The number of nitrogen functional groups attached to an aromatic ring is 2. The number of carbonyl (C=O) groups is 2. The summed E-state index contributed by atoms with van der Waals surface area (Å²) in [6.07, 6.45) is 2.82. The van der Waals surface area contributed by atoms with E-state index in [0.717, 1.165) is 0 Å². The van der Waals surface area contributed by atoms with E-state index in [1.165, 1.54) is 75.1 Å². The zero-order valence-electron chi connectivity index (χ0n) is 21.0. The van der Waals surface area contributed by atoms with Crippen LogP contribution in [0.1, 0.15) is 21.0 Å². The molecule has 0 aliphatic carbocycles. The van der Waals surface area contributed by atoms with Gasteiger partial charge in [0.1, 0.15) is 16.2 Å². The molecule has 2 heterocycles. The predicted octanol–water partition coefficient (Wildman–Crippen LogP) is 1.76. The van der Waals surface area contributed by atoms with E-state index >= 15 is 0 Å². The summed E-state index contributed by atoms with van der Waals surface area (Å²) in [5, 5.41) is 17.1. The van der Waals surface area contributed by atoms with E-state index in [9.17, 15) is 18.4 Å². The molecule has 2 aromatic carbocycles. The Balaban J connectivity index is 0.000000222. The lowest BCUT2D eigenvalue weighted by molar-refractivity contribution is 0.0586. The quantitative estimate of drug-likeness (QED) is 0.191. The predicted molar refractivity (Wildman–Crippen MR) is 145 cm³/mol. The lowest BCUT2D eigenvalue weighted by Gasteiger charge is -2.05. The molecular formula is C24H22BBrF2N6O6. The number of aromatic nitrogens is 4. The number of methoxy groups -OCH3 is 2. The maximum Gasteiger partial charge on any atom is 0.488 e. The standard InChI is InChI=1S/C12H10FN3O2.C6H6BFO2.C6H6BrN3O2/c1-18-12(17)10-11(14)15-6-9(16-10)7-2-4-8(13)5-3-7;8-6-3-1-5(2-4-6)7(9)10;1-12-6(11)4-5(8)9-2-3(7)10-4/h2-6H,1H3,(H2,14,15);1-4,9-10H;2H,1H3,(H2,8,9). The van der Waals surface area contributed by atoms with E-state index in [4.69, 9.17) is 21.5 Å². The van der Waals surface area contributed by atoms with Crippen molar-refractivity contribution in [3.63, 3.8) is 0 Å². The summed E-state index contributed by atoms with van der Waals surface area (Å²) in [7, 11) is 0.971. The molecule has 4 rings (SSSR count). The van der Waals surface area contributed by atoms with Gasteiger partial charge in [0.25, 0.3) is 0 Å². The minimum absolute atomic E-state index is 0.00675. The van der Waals surface area contributed by atoms with E-state index in [1.807, 2.05) is 0 Å². The second-order valence-electron chi connectivity index (χ2n) is 7.33.